The van der Waals surface area contributed by atoms with E-state index in [0.29, 0.717) is 5.69 Å². The van der Waals surface area contributed by atoms with Crippen molar-refractivity contribution in [1.82, 2.24) is 0 Å². The Morgan fingerprint density at radius 2 is 1.62 bits per heavy atom. The summed E-state index contributed by atoms with van der Waals surface area (Å²) >= 11 is 0. The van der Waals surface area contributed by atoms with Crippen LogP contribution in [0.25, 0.3) is 0 Å². The maximum atomic E-state index is 12.9. The van der Waals surface area contributed by atoms with Gasteiger partial charge in [0.25, 0.3) is 5.91 Å². The lowest BCUT2D eigenvalue weighted by Crippen LogP contribution is -2.23. The summed E-state index contributed by atoms with van der Waals surface area (Å²) in [5.74, 6) is -1.83. The van der Waals surface area contributed by atoms with Gasteiger partial charge in [-0.15, -0.1) is 0 Å². The highest BCUT2D eigenvalue weighted by Crippen LogP contribution is 2.32. The molecule has 0 bridgehead atoms. The van der Waals surface area contributed by atoms with Gasteiger partial charge in [0.15, 0.2) is 6.61 Å². The first-order valence-electron chi connectivity index (χ1n) is 7.80. The summed E-state index contributed by atoms with van der Waals surface area (Å²) in [6.07, 6.45) is -4.69. The van der Waals surface area contributed by atoms with Gasteiger partial charge >= 0.3 is 12.1 Å². The van der Waals surface area contributed by atoms with E-state index in [0.717, 1.165) is 28.8 Å². The monoisotopic (exact) mass is 365 g/mol. The lowest BCUT2D eigenvalue weighted by atomic mass is 10.1. The van der Waals surface area contributed by atoms with Crippen molar-refractivity contribution in [3.8, 4) is 0 Å². The minimum Gasteiger partial charge on any atom is -0.452 e. The normalized spacial score (nSPS) is 11.2. The third-order valence-corrected chi connectivity index (χ3v) is 3.73. The van der Waals surface area contributed by atoms with E-state index in [1.165, 1.54) is 12.1 Å². The summed E-state index contributed by atoms with van der Waals surface area (Å²) < 4.78 is 43.5. The molecule has 0 aromatic heterocycles. The number of carbonyl (C=O) groups excluding carboxylic acids is 2. The van der Waals surface area contributed by atoms with Crippen LogP contribution < -0.4 is 5.32 Å². The predicted octanol–water partition coefficient (Wildman–Crippen LogP) is 4.43. The highest BCUT2D eigenvalue weighted by atomic mass is 19.4. The Morgan fingerprint density at radius 1 is 1.04 bits per heavy atom. The molecule has 7 heteroatoms. The zero-order chi connectivity index (χ0) is 19.5. The van der Waals surface area contributed by atoms with E-state index in [9.17, 15) is 22.8 Å². The van der Waals surface area contributed by atoms with Crippen molar-refractivity contribution in [1.29, 1.82) is 0 Å². The number of aryl methyl sites for hydroxylation is 3. The molecule has 0 radical (unpaired) electrons. The number of benzene rings is 2. The first-order chi connectivity index (χ1) is 12.1. The topological polar surface area (TPSA) is 55.4 Å². The van der Waals surface area contributed by atoms with E-state index in [2.05, 4.69) is 5.32 Å². The molecule has 26 heavy (non-hydrogen) atoms. The second-order valence-corrected chi connectivity index (χ2v) is 5.94. The molecule has 0 aliphatic rings. The van der Waals surface area contributed by atoms with Gasteiger partial charge in [-0.25, -0.2) is 4.79 Å². The molecule has 138 valence electrons. The number of esters is 1. The molecule has 0 atom stereocenters. The SMILES string of the molecule is Cc1cc(C)c(NC(=O)COC(=O)c2ccccc2C(F)(F)F)c(C)c1. The molecule has 0 spiro atoms. The second-order valence-electron chi connectivity index (χ2n) is 5.94. The van der Waals surface area contributed by atoms with Gasteiger partial charge in [0.2, 0.25) is 0 Å². The molecule has 4 nitrogen and oxygen atoms in total. The maximum absolute atomic E-state index is 12.9. The minimum absolute atomic E-state index is 0.590. The number of ether oxygens (including phenoxy) is 1. The molecule has 0 aliphatic carbocycles. The Balaban J connectivity index is 2.06. The zero-order valence-corrected chi connectivity index (χ0v) is 14.5. The summed E-state index contributed by atoms with van der Waals surface area (Å²) in [5, 5.41) is 2.62. The fourth-order valence-corrected chi connectivity index (χ4v) is 2.67. The number of anilines is 1. The van der Waals surface area contributed by atoms with Crippen molar-refractivity contribution in [2.75, 3.05) is 11.9 Å². The van der Waals surface area contributed by atoms with Crippen LogP contribution >= 0.6 is 0 Å². The van der Waals surface area contributed by atoms with E-state index in [1.807, 2.05) is 32.9 Å². The Bertz CT molecular complexity index is 821. The van der Waals surface area contributed by atoms with Gasteiger partial charge < -0.3 is 10.1 Å². The van der Waals surface area contributed by atoms with E-state index in [4.69, 9.17) is 4.74 Å². The molecule has 2 aromatic carbocycles. The molecule has 0 unspecified atom stereocenters. The van der Waals surface area contributed by atoms with Gasteiger partial charge in [0.1, 0.15) is 0 Å². The zero-order valence-electron chi connectivity index (χ0n) is 14.5. The molecular formula is C19H18F3NO3. The van der Waals surface area contributed by atoms with Crippen molar-refractivity contribution < 1.29 is 27.5 Å². The van der Waals surface area contributed by atoms with Crippen LogP contribution in [0.3, 0.4) is 0 Å². The van der Waals surface area contributed by atoms with Crippen molar-refractivity contribution >= 4 is 17.6 Å². The third-order valence-electron chi connectivity index (χ3n) is 3.73. The van der Waals surface area contributed by atoms with E-state index >= 15 is 0 Å². The van der Waals surface area contributed by atoms with Crippen molar-refractivity contribution in [2.45, 2.75) is 26.9 Å². The molecule has 2 aromatic rings. The predicted molar refractivity (Wildman–Crippen MR) is 91.0 cm³/mol. The van der Waals surface area contributed by atoms with Crippen molar-refractivity contribution in [3.05, 3.63) is 64.2 Å². The highest BCUT2D eigenvalue weighted by molar-refractivity contribution is 5.97. The number of hydrogen-bond donors (Lipinski definition) is 1. The quantitative estimate of drug-likeness (QED) is 0.816. The van der Waals surface area contributed by atoms with Gasteiger partial charge in [-0.1, -0.05) is 29.8 Å². The van der Waals surface area contributed by atoms with Crippen LogP contribution in [0.15, 0.2) is 36.4 Å². The number of alkyl halides is 3. The van der Waals surface area contributed by atoms with E-state index < -0.39 is 35.8 Å². The Kier molecular flexibility index (Phi) is 5.69. The standard InChI is InChI=1S/C19H18F3NO3/c1-11-8-12(2)17(13(3)9-11)23-16(24)10-26-18(25)14-6-4-5-7-15(14)19(20,21)22/h4-9H,10H2,1-3H3,(H,23,24). The molecular weight excluding hydrogens is 347 g/mol. The first-order valence-corrected chi connectivity index (χ1v) is 7.80. The number of halogens is 3. The molecule has 2 rings (SSSR count). The van der Waals surface area contributed by atoms with E-state index in [-0.39, 0.29) is 0 Å². The summed E-state index contributed by atoms with van der Waals surface area (Å²) in [6.45, 7) is 4.88. The van der Waals surface area contributed by atoms with Crippen LogP contribution in [0.5, 0.6) is 0 Å². The lowest BCUT2D eigenvalue weighted by Gasteiger charge is -2.14. The van der Waals surface area contributed by atoms with Crippen molar-refractivity contribution in [2.24, 2.45) is 0 Å². The van der Waals surface area contributed by atoms with E-state index in [1.54, 1.807) is 0 Å². The van der Waals surface area contributed by atoms with Crippen LogP contribution in [0.2, 0.25) is 0 Å². The largest absolute Gasteiger partial charge is 0.452 e. The number of hydrogen-bond acceptors (Lipinski definition) is 3. The Labute approximate surface area is 149 Å². The summed E-state index contributed by atoms with van der Waals surface area (Å²) in [4.78, 5) is 24.0. The molecule has 0 aliphatic heterocycles. The Hall–Kier alpha value is -2.83. The van der Waals surface area contributed by atoms with Gasteiger partial charge in [0.05, 0.1) is 11.1 Å². The molecule has 0 heterocycles. The first kappa shape index (κ1) is 19.5. The van der Waals surface area contributed by atoms with Gasteiger partial charge in [-0.05, 0) is 44.0 Å². The van der Waals surface area contributed by atoms with Crippen LogP contribution in [0.1, 0.15) is 32.6 Å². The average molecular weight is 365 g/mol. The Morgan fingerprint density at radius 3 is 2.19 bits per heavy atom. The van der Waals surface area contributed by atoms with Gasteiger partial charge in [-0.3, -0.25) is 4.79 Å². The number of amides is 1. The molecule has 1 N–H and O–H groups in total. The summed E-state index contributed by atoms with van der Waals surface area (Å²) in [5.41, 5.74) is 1.57. The van der Waals surface area contributed by atoms with Gasteiger partial charge in [0, 0.05) is 5.69 Å². The molecule has 0 saturated heterocycles. The van der Waals surface area contributed by atoms with Crippen molar-refractivity contribution in [3.63, 3.8) is 0 Å². The minimum atomic E-state index is -4.69. The van der Waals surface area contributed by atoms with Crippen LogP contribution in [-0.4, -0.2) is 18.5 Å². The fraction of sp³-hybridized carbons (Fsp3) is 0.263. The number of carbonyl (C=O) groups is 2. The maximum Gasteiger partial charge on any atom is 0.417 e. The summed E-state index contributed by atoms with van der Waals surface area (Å²) in [7, 11) is 0. The fourth-order valence-electron chi connectivity index (χ4n) is 2.67. The third kappa shape index (κ3) is 4.62. The average Bonchev–Trinajstić information content (AvgIpc) is 2.55. The van der Waals surface area contributed by atoms with Gasteiger partial charge in [-0.2, -0.15) is 13.2 Å². The molecule has 1 amide bonds. The number of rotatable bonds is 4. The molecule has 0 fully saturated rings. The summed E-state index contributed by atoms with van der Waals surface area (Å²) in [6, 6.07) is 8.04. The van der Waals surface area contributed by atoms with Crippen LogP contribution in [-0.2, 0) is 15.7 Å². The molecule has 0 saturated carbocycles. The highest BCUT2D eigenvalue weighted by Gasteiger charge is 2.35. The second kappa shape index (κ2) is 7.59. The van der Waals surface area contributed by atoms with Crippen LogP contribution in [0, 0.1) is 20.8 Å². The van der Waals surface area contributed by atoms with Crippen LogP contribution in [0.4, 0.5) is 18.9 Å². The number of nitrogens with one attached hydrogen (secondary N) is 1. The smallest absolute Gasteiger partial charge is 0.417 e. The lowest BCUT2D eigenvalue weighted by molar-refractivity contribution is -0.138.